The van der Waals surface area contributed by atoms with E-state index >= 15 is 0 Å². The number of nitrogens with one attached hydrogen (secondary N) is 2. The fourth-order valence-corrected chi connectivity index (χ4v) is 2.34. The van der Waals surface area contributed by atoms with Crippen LogP contribution < -0.4 is 15.4 Å². The molecule has 0 unspecified atom stereocenters. The number of hydrogen-bond donors (Lipinski definition) is 2. The monoisotopic (exact) mass is 340 g/mol. The van der Waals surface area contributed by atoms with Crippen LogP contribution in [0.15, 0.2) is 42.5 Å². The van der Waals surface area contributed by atoms with Gasteiger partial charge in [-0.05, 0) is 51.0 Å². The third-order valence-electron chi connectivity index (χ3n) is 3.83. The summed E-state index contributed by atoms with van der Waals surface area (Å²) in [5.74, 6) is -0.663. The Labute approximate surface area is 148 Å². The van der Waals surface area contributed by atoms with Crippen molar-refractivity contribution in [3.8, 4) is 5.75 Å². The second-order valence-corrected chi connectivity index (χ2v) is 6.16. The zero-order valence-corrected chi connectivity index (χ0v) is 15.1. The molecule has 132 valence electrons. The number of rotatable bonds is 5. The molecule has 0 radical (unpaired) electrons. The first-order valence-electron chi connectivity index (χ1n) is 8.28. The molecule has 0 saturated heterocycles. The number of hydrogen-bond acceptors (Lipinski definition) is 3. The van der Waals surface area contributed by atoms with Crippen LogP contribution in [0.3, 0.4) is 0 Å². The standard InChI is InChI=1S/C20H24N2O3/c1-13(2)25-18-11-6-5-9-16(18)12-21-19(23)20(24)22-17-10-7-8-14(3)15(17)4/h5-11,13H,12H2,1-4H3,(H,21,23)(H,22,24). The lowest BCUT2D eigenvalue weighted by Gasteiger charge is -2.15. The number of amides is 2. The fourth-order valence-electron chi connectivity index (χ4n) is 2.34. The van der Waals surface area contributed by atoms with Crippen molar-refractivity contribution in [2.45, 2.75) is 40.3 Å². The molecule has 25 heavy (non-hydrogen) atoms. The summed E-state index contributed by atoms with van der Waals surface area (Å²) in [5.41, 5.74) is 3.46. The Hall–Kier alpha value is -2.82. The SMILES string of the molecule is Cc1cccc(NC(=O)C(=O)NCc2ccccc2OC(C)C)c1C. The Morgan fingerprint density at radius 3 is 2.44 bits per heavy atom. The zero-order valence-electron chi connectivity index (χ0n) is 15.1. The minimum absolute atomic E-state index is 0.0319. The largest absolute Gasteiger partial charge is 0.491 e. The van der Waals surface area contributed by atoms with Crippen molar-refractivity contribution < 1.29 is 14.3 Å². The lowest BCUT2D eigenvalue weighted by atomic mass is 10.1. The van der Waals surface area contributed by atoms with Crippen molar-refractivity contribution in [1.82, 2.24) is 5.32 Å². The summed E-state index contributed by atoms with van der Waals surface area (Å²) in [5, 5.41) is 5.29. The van der Waals surface area contributed by atoms with E-state index in [1.165, 1.54) is 0 Å². The highest BCUT2D eigenvalue weighted by Crippen LogP contribution is 2.19. The molecule has 5 heteroatoms. The van der Waals surface area contributed by atoms with Crippen LogP contribution >= 0.6 is 0 Å². The van der Waals surface area contributed by atoms with Gasteiger partial charge in [0.1, 0.15) is 5.75 Å². The number of benzene rings is 2. The van der Waals surface area contributed by atoms with E-state index in [-0.39, 0.29) is 12.6 Å². The van der Waals surface area contributed by atoms with Crippen LogP contribution in [0.5, 0.6) is 5.75 Å². The van der Waals surface area contributed by atoms with Crippen molar-refractivity contribution in [3.05, 3.63) is 59.2 Å². The first-order chi connectivity index (χ1) is 11.9. The molecule has 0 spiro atoms. The molecule has 2 N–H and O–H groups in total. The van der Waals surface area contributed by atoms with Crippen molar-refractivity contribution in [1.29, 1.82) is 0 Å². The summed E-state index contributed by atoms with van der Waals surface area (Å²) in [6, 6.07) is 13.0. The number of anilines is 1. The normalized spacial score (nSPS) is 10.4. The predicted molar refractivity (Wildman–Crippen MR) is 98.6 cm³/mol. The highest BCUT2D eigenvalue weighted by molar-refractivity contribution is 6.39. The van der Waals surface area contributed by atoms with Gasteiger partial charge in [-0.1, -0.05) is 30.3 Å². The van der Waals surface area contributed by atoms with E-state index < -0.39 is 11.8 Å². The molecule has 0 aliphatic rings. The van der Waals surface area contributed by atoms with Crippen molar-refractivity contribution in [2.75, 3.05) is 5.32 Å². The molecule has 2 amide bonds. The number of carbonyl (C=O) groups excluding carboxylic acids is 2. The Bertz CT molecular complexity index is 769. The molecule has 0 atom stereocenters. The Morgan fingerprint density at radius 2 is 1.72 bits per heavy atom. The minimum atomic E-state index is -0.684. The van der Waals surface area contributed by atoms with E-state index in [9.17, 15) is 9.59 Å². The van der Waals surface area contributed by atoms with Crippen LogP contribution in [0.4, 0.5) is 5.69 Å². The molecule has 0 bridgehead atoms. The maximum atomic E-state index is 12.1. The van der Waals surface area contributed by atoms with E-state index in [2.05, 4.69) is 10.6 Å². The van der Waals surface area contributed by atoms with Crippen LogP contribution in [0.1, 0.15) is 30.5 Å². The summed E-state index contributed by atoms with van der Waals surface area (Å²) in [6.07, 6.45) is 0.0319. The number of para-hydroxylation sites is 1. The van der Waals surface area contributed by atoms with Crippen LogP contribution in [0.25, 0.3) is 0 Å². The van der Waals surface area contributed by atoms with Crippen molar-refractivity contribution >= 4 is 17.5 Å². The third-order valence-corrected chi connectivity index (χ3v) is 3.83. The van der Waals surface area contributed by atoms with Gasteiger partial charge in [-0.25, -0.2) is 0 Å². The van der Waals surface area contributed by atoms with Gasteiger partial charge in [0.15, 0.2) is 0 Å². The topological polar surface area (TPSA) is 67.4 Å². The summed E-state index contributed by atoms with van der Waals surface area (Å²) >= 11 is 0. The molecule has 2 rings (SSSR count). The second-order valence-electron chi connectivity index (χ2n) is 6.16. The van der Waals surface area contributed by atoms with Gasteiger partial charge in [0, 0.05) is 17.8 Å². The molecular formula is C20H24N2O3. The average molecular weight is 340 g/mol. The maximum Gasteiger partial charge on any atom is 0.313 e. The van der Waals surface area contributed by atoms with E-state index in [1.54, 1.807) is 6.07 Å². The lowest BCUT2D eigenvalue weighted by Crippen LogP contribution is -2.35. The van der Waals surface area contributed by atoms with E-state index in [0.717, 1.165) is 16.7 Å². The third kappa shape index (κ3) is 5.08. The van der Waals surface area contributed by atoms with Gasteiger partial charge < -0.3 is 15.4 Å². The summed E-state index contributed by atoms with van der Waals surface area (Å²) < 4.78 is 5.71. The first-order valence-corrected chi connectivity index (χ1v) is 8.28. The molecule has 2 aromatic rings. The zero-order chi connectivity index (χ0) is 18.4. The highest BCUT2D eigenvalue weighted by atomic mass is 16.5. The van der Waals surface area contributed by atoms with Crippen LogP contribution in [-0.4, -0.2) is 17.9 Å². The van der Waals surface area contributed by atoms with E-state index in [1.807, 2.05) is 64.1 Å². The first kappa shape index (κ1) is 18.5. The van der Waals surface area contributed by atoms with Gasteiger partial charge in [0.25, 0.3) is 0 Å². The maximum absolute atomic E-state index is 12.1. The number of carbonyl (C=O) groups is 2. The molecular weight excluding hydrogens is 316 g/mol. The second kappa shape index (κ2) is 8.33. The van der Waals surface area contributed by atoms with Crippen LogP contribution in [0, 0.1) is 13.8 Å². The van der Waals surface area contributed by atoms with Gasteiger partial charge in [-0.3, -0.25) is 9.59 Å². The average Bonchev–Trinajstić information content (AvgIpc) is 2.57. The van der Waals surface area contributed by atoms with Gasteiger partial charge in [-0.2, -0.15) is 0 Å². The molecule has 0 aliphatic heterocycles. The van der Waals surface area contributed by atoms with Gasteiger partial charge in [0.05, 0.1) is 6.10 Å². The Kier molecular flexibility index (Phi) is 6.17. The lowest BCUT2D eigenvalue weighted by molar-refractivity contribution is -0.136. The highest BCUT2D eigenvalue weighted by Gasteiger charge is 2.15. The van der Waals surface area contributed by atoms with Crippen molar-refractivity contribution in [2.24, 2.45) is 0 Å². The molecule has 0 heterocycles. The molecule has 0 fully saturated rings. The molecule has 2 aromatic carbocycles. The van der Waals surface area contributed by atoms with Gasteiger partial charge >= 0.3 is 11.8 Å². The summed E-state index contributed by atoms with van der Waals surface area (Å²) in [4.78, 5) is 24.2. The van der Waals surface area contributed by atoms with Gasteiger partial charge in [-0.15, -0.1) is 0 Å². The van der Waals surface area contributed by atoms with Crippen LogP contribution in [0.2, 0.25) is 0 Å². The van der Waals surface area contributed by atoms with Gasteiger partial charge in [0.2, 0.25) is 0 Å². The van der Waals surface area contributed by atoms with E-state index in [4.69, 9.17) is 4.74 Å². The number of aryl methyl sites for hydroxylation is 1. The molecule has 0 aromatic heterocycles. The quantitative estimate of drug-likeness (QED) is 0.820. The smallest absolute Gasteiger partial charge is 0.313 e. The molecule has 0 saturated carbocycles. The Balaban J connectivity index is 1.98. The number of ether oxygens (including phenoxy) is 1. The molecule has 5 nitrogen and oxygen atoms in total. The Morgan fingerprint density at radius 1 is 1.00 bits per heavy atom. The molecule has 0 aliphatic carbocycles. The fraction of sp³-hybridized carbons (Fsp3) is 0.300. The summed E-state index contributed by atoms with van der Waals surface area (Å²) in [6.45, 7) is 7.96. The predicted octanol–water partition coefficient (Wildman–Crippen LogP) is 3.35. The summed E-state index contributed by atoms with van der Waals surface area (Å²) in [7, 11) is 0. The van der Waals surface area contributed by atoms with Crippen molar-refractivity contribution in [3.63, 3.8) is 0 Å². The van der Waals surface area contributed by atoms with E-state index in [0.29, 0.717) is 11.4 Å². The van der Waals surface area contributed by atoms with Crippen LogP contribution in [-0.2, 0) is 16.1 Å². The minimum Gasteiger partial charge on any atom is -0.491 e.